The molecule has 0 aromatic heterocycles. The van der Waals surface area contributed by atoms with Crippen molar-refractivity contribution >= 4 is 23.5 Å². The molecule has 0 rings (SSSR count). The zero-order valence-corrected chi connectivity index (χ0v) is 17.7. The number of halogens is 1. The van der Waals surface area contributed by atoms with Crippen LogP contribution in [0.25, 0.3) is 0 Å². The maximum Gasteiger partial charge on any atom is 0.313 e. The van der Waals surface area contributed by atoms with Gasteiger partial charge in [0.05, 0.1) is 18.9 Å². The van der Waals surface area contributed by atoms with Gasteiger partial charge >= 0.3 is 11.9 Å². The van der Waals surface area contributed by atoms with Crippen molar-refractivity contribution in [1.29, 1.82) is 0 Å². The number of allylic oxidation sites excluding steroid dienone is 6. The molecule has 27 heavy (non-hydrogen) atoms. The lowest BCUT2D eigenvalue weighted by Crippen LogP contribution is -2.29. The Morgan fingerprint density at radius 1 is 1.07 bits per heavy atom. The Bertz CT molecular complexity index is 621. The third-order valence-corrected chi connectivity index (χ3v) is 3.94. The second-order valence-electron chi connectivity index (χ2n) is 7.06. The van der Waals surface area contributed by atoms with E-state index < -0.39 is 17.4 Å². The van der Waals surface area contributed by atoms with Gasteiger partial charge in [0.2, 0.25) is 0 Å². The lowest BCUT2D eigenvalue weighted by Gasteiger charge is -2.24. The van der Waals surface area contributed by atoms with Crippen LogP contribution in [-0.2, 0) is 19.1 Å². The van der Waals surface area contributed by atoms with Crippen molar-refractivity contribution in [3.8, 4) is 0 Å². The Balaban J connectivity index is 5.28. The topological polar surface area (TPSA) is 52.6 Å². The number of carbonyl (C=O) groups is 2. The average molecular weight is 395 g/mol. The van der Waals surface area contributed by atoms with Gasteiger partial charge in [-0.3, -0.25) is 9.59 Å². The summed E-state index contributed by atoms with van der Waals surface area (Å²) in [6.07, 6.45) is 11.2. The summed E-state index contributed by atoms with van der Waals surface area (Å²) in [5.74, 6) is -1.50. The van der Waals surface area contributed by atoms with Gasteiger partial charge in [0, 0.05) is 5.03 Å². The van der Waals surface area contributed by atoms with Crippen molar-refractivity contribution in [3.63, 3.8) is 0 Å². The Kier molecular flexibility index (Phi) is 11.4. The molecular weight excluding hydrogens is 364 g/mol. The third kappa shape index (κ3) is 10.6. The van der Waals surface area contributed by atoms with Crippen molar-refractivity contribution in [2.24, 2.45) is 11.8 Å². The van der Waals surface area contributed by atoms with Crippen LogP contribution in [0.4, 0.5) is 0 Å². The Morgan fingerprint density at radius 2 is 1.67 bits per heavy atom. The molecule has 0 N–H and O–H groups in total. The highest BCUT2D eigenvalue weighted by atomic mass is 35.5. The summed E-state index contributed by atoms with van der Waals surface area (Å²) in [4.78, 5) is 24.2. The molecule has 4 nitrogen and oxygen atoms in total. The molecular formula is C22H31ClO4. The zero-order valence-electron chi connectivity index (χ0n) is 17.0. The normalized spacial score (nSPS) is 15.2. The minimum Gasteiger partial charge on any atom is -0.469 e. The monoisotopic (exact) mass is 394 g/mol. The summed E-state index contributed by atoms with van der Waals surface area (Å²) in [7, 11) is 1.34. The van der Waals surface area contributed by atoms with E-state index in [1.165, 1.54) is 13.2 Å². The van der Waals surface area contributed by atoms with Crippen molar-refractivity contribution in [3.05, 3.63) is 60.2 Å². The molecule has 0 radical (unpaired) electrons. The molecule has 0 aromatic carbocycles. The molecule has 2 atom stereocenters. The van der Waals surface area contributed by atoms with Gasteiger partial charge in [-0.2, -0.15) is 0 Å². The van der Waals surface area contributed by atoms with Gasteiger partial charge in [0.1, 0.15) is 5.60 Å². The van der Waals surface area contributed by atoms with E-state index in [0.717, 1.165) is 5.57 Å². The summed E-state index contributed by atoms with van der Waals surface area (Å²) in [5.41, 5.74) is 0.245. The molecule has 0 amide bonds. The first-order chi connectivity index (χ1) is 12.6. The Hall–Kier alpha value is -2.07. The second kappa shape index (κ2) is 12.3. The number of rotatable bonds is 10. The van der Waals surface area contributed by atoms with Gasteiger partial charge < -0.3 is 9.47 Å². The maximum atomic E-state index is 12.6. The van der Waals surface area contributed by atoms with Crippen LogP contribution in [0.2, 0.25) is 0 Å². The first kappa shape index (κ1) is 24.9. The molecule has 2 unspecified atom stereocenters. The highest BCUT2D eigenvalue weighted by Gasteiger charge is 2.25. The first-order valence-electron chi connectivity index (χ1n) is 8.80. The van der Waals surface area contributed by atoms with E-state index >= 15 is 0 Å². The summed E-state index contributed by atoms with van der Waals surface area (Å²) in [6.45, 7) is 14.6. The molecule has 0 aliphatic heterocycles. The summed E-state index contributed by atoms with van der Waals surface area (Å²) < 4.78 is 10.3. The van der Waals surface area contributed by atoms with Crippen LogP contribution in [0.1, 0.15) is 40.5 Å². The van der Waals surface area contributed by atoms with Crippen LogP contribution in [0, 0.1) is 11.8 Å². The van der Waals surface area contributed by atoms with E-state index in [2.05, 4.69) is 13.2 Å². The fraction of sp³-hybridized carbons (Fsp3) is 0.455. The molecule has 0 saturated carbocycles. The van der Waals surface area contributed by atoms with E-state index in [1.54, 1.807) is 18.2 Å². The van der Waals surface area contributed by atoms with E-state index in [9.17, 15) is 9.59 Å². The Labute approximate surface area is 168 Å². The Morgan fingerprint density at radius 3 is 2.15 bits per heavy atom. The van der Waals surface area contributed by atoms with Crippen LogP contribution in [0.5, 0.6) is 0 Å². The molecule has 0 aliphatic rings. The number of ether oxygens (including phenoxy) is 2. The molecule has 0 aliphatic carbocycles. The average Bonchev–Trinajstić information content (AvgIpc) is 2.60. The van der Waals surface area contributed by atoms with Crippen molar-refractivity contribution in [1.82, 2.24) is 0 Å². The van der Waals surface area contributed by atoms with Gasteiger partial charge in [-0.15, -0.1) is 6.58 Å². The summed E-state index contributed by atoms with van der Waals surface area (Å²) in [5, 5.41) is 0.486. The second-order valence-corrected chi connectivity index (χ2v) is 7.50. The van der Waals surface area contributed by atoms with Gasteiger partial charge in [-0.05, 0) is 46.6 Å². The van der Waals surface area contributed by atoms with Crippen LogP contribution >= 0.6 is 11.6 Å². The molecule has 150 valence electrons. The van der Waals surface area contributed by atoms with Gasteiger partial charge in [0.25, 0.3) is 0 Å². The maximum absolute atomic E-state index is 12.6. The molecule has 0 saturated heterocycles. The highest BCUT2D eigenvalue weighted by molar-refractivity contribution is 6.31. The lowest BCUT2D eigenvalue weighted by molar-refractivity contribution is -0.158. The van der Waals surface area contributed by atoms with Crippen molar-refractivity contribution in [2.45, 2.75) is 46.1 Å². The molecule has 0 bridgehead atoms. The zero-order chi connectivity index (χ0) is 21.0. The van der Waals surface area contributed by atoms with Gasteiger partial charge in [-0.1, -0.05) is 54.1 Å². The molecule has 0 fully saturated rings. The first-order valence-corrected chi connectivity index (χ1v) is 9.18. The van der Waals surface area contributed by atoms with Gasteiger partial charge in [0.15, 0.2) is 0 Å². The SMILES string of the molecule is C=C/C(Cl)=C\C=C(/C)C(C/C=C/CC(C=C)C(=O)OC)C(=O)OC(C)(C)C. The molecule has 0 heterocycles. The fourth-order valence-corrected chi connectivity index (χ4v) is 2.21. The standard InChI is InChI=1S/C22H31ClO4/c1-8-17(20(24)26-7)12-10-11-13-19(21(25)27-22(4,5)6)16(3)14-15-18(23)9-2/h8-11,14-15,17,19H,1-2,12-13H2,3-7H3/b11-10+,16-14+,18-15+. The number of esters is 2. The number of methoxy groups -OCH3 is 1. The van der Waals surface area contributed by atoms with Crippen LogP contribution < -0.4 is 0 Å². The minimum atomic E-state index is -0.577. The molecule has 5 heteroatoms. The van der Waals surface area contributed by atoms with Crippen molar-refractivity contribution in [2.75, 3.05) is 7.11 Å². The molecule has 0 aromatic rings. The summed E-state index contributed by atoms with van der Waals surface area (Å²) in [6, 6.07) is 0. The minimum absolute atomic E-state index is 0.308. The predicted molar refractivity (Wildman–Crippen MR) is 111 cm³/mol. The predicted octanol–water partition coefficient (Wildman–Crippen LogP) is 5.51. The molecule has 0 spiro atoms. The quantitative estimate of drug-likeness (QED) is 0.278. The van der Waals surface area contributed by atoms with E-state index in [0.29, 0.717) is 17.9 Å². The number of carbonyl (C=O) groups excluding carboxylic acids is 2. The van der Waals surface area contributed by atoms with Crippen molar-refractivity contribution < 1.29 is 19.1 Å². The van der Waals surface area contributed by atoms with Crippen LogP contribution in [0.15, 0.2) is 60.2 Å². The highest BCUT2D eigenvalue weighted by Crippen LogP contribution is 2.22. The number of hydrogen-bond donors (Lipinski definition) is 0. The van der Waals surface area contributed by atoms with Crippen LogP contribution in [0.3, 0.4) is 0 Å². The van der Waals surface area contributed by atoms with E-state index in [-0.39, 0.29) is 11.9 Å². The lowest BCUT2D eigenvalue weighted by atomic mass is 9.95. The largest absolute Gasteiger partial charge is 0.469 e. The van der Waals surface area contributed by atoms with Crippen LogP contribution in [-0.4, -0.2) is 24.6 Å². The number of hydrogen-bond acceptors (Lipinski definition) is 4. The van der Waals surface area contributed by atoms with E-state index in [4.69, 9.17) is 21.1 Å². The van der Waals surface area contributed by atoms with Gasteiger partial charge in [-0.25, -0.2) is 0 Å². The fourth-order valence-electron chi connectivity index (χ4n) is 2.15. The third-order valence-electron chi connectivity index (χ3n) is 3.66. The smallest absolute Gasteiger partial charge is 0.313 e. The summed E-state index contributed by atoms with van der Waals surface area (Å²) >= 11 is 5.94. The van der Waals surface area contributed by atoms with E-state index in [1.807, 2.05) is 39.8 Å².